The molecule has 2 aromatic carbocycles. The van der Waals surface area contributed by atoms with Crippen molar-refractivity contribution >= 4 is 0 Å². The number of aryl methyl sites for hydroxylation is 1. The van der Waals surface area contributed by atoms with Crippen LogP contribution in [0, 0.1) is 25.7 Å². The quantitative estimate of drug-likeness (QED) is 0.158. The topological polar surface area (TPSA) is 118 Å². The van der Waals surface area contributed by atoms with E-state index in [1.54, 1.807) is 26.4 Å². The lowest BCUT2D eigenvalue weighted by atomic mass is 9.77. The van der Waals surface area contributed by atoms with Crippen LogP contribution in [0.25, 0.3) is 22.5 Å². The van der Waals surface area contributed by atoms with Crippen LogP contribution in [0.15, 0.2) is 52.1 Å². The van der Waals surface area contributed by atoms with Gasteiger partial charge in [0, 0.05) is 66.1 Å². The van der Waals surface area contributed by atoms with Gasteiger partial charge in [0.15, 0.2) is 11.5 Å². The molecule has 0 amide bonds. The van der Waals surface area contributed by atoms with Gasteiger partial charge in [-0.2, -0.15) is 0 Å². The SMILES string of the molecule is COc1cc2c(cc1OC)-c1c(C)c(OCC3CCOCC3)cc(=O)n1CC2.Cc1c(OCC2COCCO2)cc(=O)n2c1-c1ccc(OCC3CC3)cc1C(C)(C)C2. The van der Waals surface area contributed by atoms with Crippen LogP contribution in [-0.4, -0.2) is 82.3 Å². The molecular formula is C47H58N2O10. The standard InChI is InChI=1S/C25H31NO5.C22H27NO5/c1-16-22(31-14-19-13-28-8-9-29-19)11-23(27)26-15-25(2,3)21-10-18(30-12-17-4-5-17)6-7-20(21)24(16)26;1-14-18(28-13-15-5-8-27-9-6-15)12-21(24)23-7-4-16-10-19(25-2)20(26-3)11-17(16)22(14)23/h6-7,10-11,17,19H,4-5,8-9,12-15H2,1-3H3;10-12,15H,4-9,13H2,1-3H3. The van der Waals surface area contributed by atoms with E-state index in [1.165, 1.54) is 18.4 Å². The van der Waals surface area contributed by atoms with Crippen molar-refractivity contribution in [2.45, 2.75) is 84.4 Å². The molecule has 6 heterocycles. The van der Waals surface area contributed by atoms with E-state index in [0.29, 0.717) is 81.0 Å². The molecule has 59 heavy (non-hydrogen) atoms. The van der Waals surface area contributed by atoms with Crippen LogP contribution >= 0.6 is 0 Å². The summed E-state index contributed by atoms with van der Waals surface area (Å²) in [4.78, 5) is 25.8. The van der Waals surface area contributed by atoms with Gasteiger partial charge in [-0.1, -0.05) is 13.8 Å². The smallest absolute Gasteiger partial charge is 0.254 e. The molecule has 4 aliphatic heterocycles. The number of aromatic nitrogens is 2. The fourth-order valence-electron chi connectivity index (χ4n) is 8.70. The van der Waals surface area contributed by atoms with Gasteiger partial charge in [0.25, 0.3) is 11.1 Å². The molecule has 9 rings (SSSR count). The highest BCUT2D eigenvalue weighted by Crippen LogP contribution is 2.44. The molecular weight excluding hydrogens is 753 g/mol. The van der Waals surface area contributed by atoms with Gasteiger partial charge in [0.2, 0.25) is 0 Å². The van der Waals surface area contributed by atoms with E-state index in [4.69, 9.17) is 37.9 Å². The van der Waals surface area contributed by atoms with E-state index in [1.807, 2.05) is 41.2 Å². The van der Waals surface area contributed by atoms with Crippen LogP contribution in [0.5, 0.6) is 28.7 Å². The Morgan fingerprint density at radius 1 is 0.678 bits per heavy atom. The van der Waals surface area contributed by atoms with Crippen LogP contribution < -0.4 is 34.8 Å². The Morgan fingerprint density at radius 2 is 1.32 bits per heavy atom. The lowest BCUT2D eigenvalue weighted by Gasteiger charge is -2.36. The van der Waals surface area contributed by atoms with Gasteiger partial charge in [-0.15, -0.1) is 0 Å². The lowest BCUT2D eigenvalue weighted by Crippen LogP contribution is -2.37. The highest BCUT2D eigenvalue weighted by Gasteiger charge is 2.34. The third kappa shape index (κ3) is 8.76. The second-order valence-electron chi connectivity index (χ2n) is 17.1. The van der Waals surface area contributed by atoms with Crippen molar-refractivity contribution in [2.24, 2.45) is 11.8 Å². The summed E-state index contributed by atoms with van der Waals surface area (Å²) in [5.41, 5.74) is 8.02. The molecule has 0 radical (unpaired) electrons. The van der Waals surface area contributed by atoms with Crippen molar-refractivity contribution in [3.05, 3.63) is 85.4 Å². The van der Waals surface area contributed by atoms with Crippen LogP contribution in [0.1, 0.15) is 61.8 Å². The Labute approximate surface area is 346 Å². The van der Waals surface area contributed by atoms with Gasteiger partial charge < -0.3 is 47.0 Å². The normalized spacial score (nSPS) is 19.2. The van der Waals surface area contributed by atoms with Gasteiger partial charge in [0.1, 0.15) is 30.0 Å². The predicted molar refractivity (Wildman–Crippen MR) is 225 cm³/mol. The summed E-state index contributed by atoms with van der Waals surface area (Å²) in [6, 6.07) is 13.5. The first kappa shape index (κ1) is 41.0. The molecule has 0 spiro atoms. The van der Waals surface area contributed by atoms with E-state index in [9.17, 15) is 9.59 Å². The highest BCUT2D eigenvalue weighted by molar-refractivity contribution is 5.75. The fourth-order valence-corrected chi connectivity index (χ4v) is 8.70. The zero-order valence-corrected chi connectivity index (χ0v) is 35.4. The number of hydrogen-bond donors (Lipinski definition) is 0. The lowest BCUT2D eigenvalue weighted by molar-refractivity contribution is -0.101. The molecule has 2 aromatic heterocycles. The molecule has 0 N–H and O–H groups in total. The number of pyridine rings is 2. The maximum atomic E-state index is 13.0. The van der Waals surface area contributed by atoms with E-state index >= 15 is 0 Å². The number of benzene rings is 2. The van der Waals surface area contributed by atoms with Gasteiger partial charge in [0.05, 0.1) is 58.6 Å². The minimum absolute atomic E-state index is 0.0250. The first-order chi connectivity index (χ1) is 28.5. The fraction of sp³-hybridized carbons (Fsp3) is 0.532. The minimum atomic E-state index is -0.173. The Morgan fingerprint density at radius 3 is 2.00 bits per heavy atom. The second-order valence-corrected chi connectivity index (χ2v) is 17.1. The van der Waals surface area contributed by atoms with E-state index < -0.39 is 0 Å². The minimum Gasteiger partial charge on any atom is -0.493 e. The first-order valence-electron chi connectivity index (χ1n) is 21.1. The van der Waals surface area contributed by atoms with Gasteiger partial charge >= 0.3 is 0 Å². The number of methoxy groups -OCH3 is 2. The van der Waals surface area contributed by atoms with Crippen LogP contribution in [0.4, 0.5) is 0 Å². The first-order valence-corrected chi connectivity index (χ1v) is 21.1. The number of fused-ring (bicyclic) bond motifs is 6. The van der Waals surface area contributed by atoms with Crippen LogP contribution in [0.2, 0.25) is 0 Å². The van der Waals surface area contributed by atoms with Crippen molar-refractivity contribution in [3.8, 4) is 51.3 Å². The van der Waals surface area contributed by atoms with E-state index in [-0.39, 0.29) is 22.6 Å². The summed E-state index contributed by atoms with van der Waals surface area (Å²) in [5.74, 6) is 4.76. The van der Waals surface area contributed by atoms with Gasteiger partial charge in [-0.3, -0.25) is 9.59 Å². The highest BCUT2D eigenvalue weighted by atomic mass is 16.6. The van der Waals surface area contributed by atoms with Crippen LogP contribution in [0.3, 0.4) is 0 Å². The van der Waals surface area contributed by atoms with Gasteiger partial charge in [-0.05, 0) is 99.2 Å². The summed E-state index contributed by atoms with van der Waals surface area (Å²) in [7, 11) is 3.26. The number of nitrogens with zero attached hydrogens (tertiary/aromatic N) is 2. The van der Waals surface area contributed by atoms with Crippen LogP contribution in [-0.2, 0) is 39.1 Å². The summed E-state index contributed by atoms with van der Waals surface area (Å²) < 4.78 is 49.4. The zero-order valence-electron chi connectivity index (χ0n) is 35.4. The molecule has 3 fully saturated rings. The molecule has 5 aliphatic rings. The molecule has 12 heteroatoms. The third-order valence-corrected chi connectivity index (χ3v) is 12.3. The average Bonchev–Trinajstić information content (AvgIpc) is 4.09. The number of ether oxygens (including phenoxy) is 8. The maximum absolute atomic E-state index is 13.0. The molecule has 12 nitrogen and oxygen atoms in total. The molecule has 4 aromatic rings. The van der Waals surface area contributed by atoms with E-state index in [2.05, 4.69) is 26.0 Å². The van der Waals surface area contributed by atoms with Crippen molar-refractivity contribution in [1.82, 2.24) is 9.13 Å². The summed E-state index contributed by atoms with van der Waals surface area (Å²) >= 11 is 0. The Bertz CT molecular complexity index is 2280. The monoisotopic (exact) mass is 810 g/mol. The second kappa shape index (κ2) is 17.4. The maximum Gasteiger partial charge on any atom is 0.254 e. The summed E-state index contributed by atoms with van der Waals surface area (Å²) in [6.45, 7) is 14.8. The van der Waals surface area contributed by atoms with Crippen molar-refractivity contribution in [3.63, 3.8) is 0 Å². The molecule has 1 aliphatic carbocycles. The molecule has 316 valence electrons. The molecule has 2 saturated heterocycles. The predicted octanol–water partition coefficient (Wildman–Crippen LogP) is 6.90. The van der Waals surface area contributed by atoms with Crippen molar-refractivity contribution < 1.29 is 37.9 Å². The number of rotatable bonds is 11. The molecule has 1 unspecified atom stereocenters. The Hall–Kier alpha value is -4.78. The van der Waals surface area contributed by atoms with E-state index in [0.717, 1.165) is 84.0 Å². The summed E-state index contributed by atoms with van der Waals surface area (Å²) in [5, 5.41) is 0. The largest absolute Gasteiger partial charge is 0.493 e. The van der Waals surface area contributed by atoms with Gasteiger partial charge in [-0.25, -0.2) is 0 Å². The van der Waals surface area contributed by atoms with Crippen molar-refractivity contribution in [2.75, 3.05) is 67.1 Å². The molecule has 0 bridgehead atoms. The van der Waals surface area contributed by atoms with Crippen molar-refractivity contribution in [1.29, 1.82) is 0 Å². The molecule has 1 saturated carbocycles. The Balaban J connectivity index is 0.000000165. The number of hydrogen-bond acceptors (Lipinski definition) is 10. The third-order valence-electron chi connectivity index (χ3n) is 12.3. The average molecular weight is 811 g/mol. The zero-order chi connectivity index (χ0) is 41.3. The summed E-state index contributed by atoms with van der Waals surface area (Å²) in [6.07, 6.45) is 5.22. The molecule has 1 atom stereocenters. The Kier molecular flexibility index (Phi) is 12.1.